The van der Waals surface area contributed by atoms with Gasteiger partial charge < -0.3 is 14.2 Å². The lowest BCUT2D eigenvalue weighted by Crippen LogP contribution is -2.52. The quantitative estimate of drug-likeness (QED) is 0.489. The normalized spacial score (nSPS) is 16.4. The number of carbonyl (C=O) groups is 1. The molecular weight excluding hydrogens is 424 g/mol. The number of hydroxylamine groups is 1. The van der Waals surface area contributed by atoms with Gasteiger partial charge >= 0.3 is 6.09 Å². The predicted molar refractivity (Wildman–Crippen MR) is 112 cm³/mol. The fourth-order valence-electron chi connectivity index (χ4n) is 3.67. The molecule has 2 aromatic rings. The van der Waals surface area contributed by atoms with E-state index in [1.807, 2.05) is 24.3 Å². The molecule has 0 aromatic heterocycles. The second kappa shape index (κ2) is 9.54. The summed E-state index contributed by atoms with van der Waals surface area (Å²) < 4.78 is 42.5. The van der Waals surface area contributed by atoms with Crippen LogP contribution in [0.25, 0.3) is 0 Å². The van der Waals surface area contributed by atoms with E-state index in [-0.39, 0.29) is 17.7 Å². The van der Waals surface area contributed by atoms with Crippen LogP contribution in [-0.4, -0.2) is 56.9 Å². The Kier molecular flexibility index (Phi) is 7.04. The highest BCUT2D eigenvalue weighted by Gasteiger charge is 2.50. The van der Waals surface area contributed by atoms with Crippen LogP contribution in [0.15, 0.2) is 53.4 Å². The molecule has 1 saturated heterocycles. The van der Waals surface area contributed by atoms with Crippen molar-refractivity contribution >= 4 is 15.9 Å². The third-order valence-corrected chi connectivity index (χ3v) is 7.75. The summed E-state index contributed by atoms with van der Waals surface area (Å²) in [5, 5.41) is 8.92. The van der Waals surface area contributed by atoms with Gasteiger partial charge in [0.15, 0.2) is 0 Å². The molecule has 0 bridgehead atoms. The van der Waals surface area contributed by atoms with Crippen molar-refractivity contribution < 1.29 is 32.6 Å². The van der Waals surface area contributed by atoms with Gasteiger partial charge in [-0.15, -0.1) is 0 Å². The monoisotopic (exact) mass is 450 g/mol. The minimum Gasteiger partial charge on any atom is -0.497 e. The Bertz CT molecular complexity index is 1000. The maximum Gasteiger partial charge on any atom is 0.432 e. The van der Waals surface area contributed by atoms with Gasteiger partial charge in [-0.2, -0.15) is 0 Å². The number of carbonyl (C=O) groups excluding carboxylic acids is 1. The van der Waals surface area contributed by atoms with E-state index >= 15 is 0 Å². The number of likely N-dealkylation sites (tertiary alicyclic amines) is 1. The van der Waals surface area contributed by atoms with E-state index in [2.05, 4.69) is 4.90 Å². The summed E-state index contributed by atoms with van der Waals surface area (Å²) in [5.74, 6) is 1.25. The number of benzene rings is 2. The van der Waals surface area contributed by atoms with E-state index in [0.717, 1.165) is 11.3 Å². The second-order valence-corrected chi connectivity index (χ2v) is 9.44. The zero-order valence-electron chi connectivity index (χ0n) is 17.4. The molecule has 9 nitrogen and oxygen atoms in total. The van der Waals surface area contributed by atoms with Gasteiger partial charge in [-0.3, -0.25) is 10.1 Å². The Morgan fingerprint density at radius 3 is 2.29 bits per heavy atom. The molecule has 31 heavy (non-hydrogen) atoms. The Morgan fingerprint density at radius 2 is 1.71 bits per heavy atom. The van der Waals surface area contributed by atoms with Gasteiger partial charge in [0.1, 0.15) is 11.5 Å². The lowest BCUT2D eigenvalue weighted by molar-refractivity contribution is 0.000278. The number of nitrogens with one attached hydrogen (secondary N) is 1. The van der Waals surface area contributed by atoms with E-state index in [1.54, 1.807) is 7.11 Å². The molecular formula is C21H26N2O7S. The third kappa shape index (κ3) is 4.92. The molecule has 0 unspecified atom stereocenters. The molecule has 2 aromatic carbocycles. The zero-order valence-corrected chi connectivity index (χ0v) is 18.2. The molecule has 168 valence electrons. The first-order valence-corrected chi connectivity index (χ1v) is 11.2. The van der Waals surface area contributed by atoms with E-state index in [1.165, 1.54) is 36.9 Å². The number of hydrogen-bond donors (Lipinski definition) is 2. The van der Waals surface area contributed by atoms with Crippen molar-refractivity contribution in [3.63, 3.8) is 0 Å². The number of rotatable bonds is 7. The average Bonchev–Trinajstić information content (AvgIpc) is 2.80. The van der Waals surface area contributed by atoms with Crippen LogP contribution in [0.5, 0.6) is 11.5 Å². The van der Waals surface area contributed by atoms with Gasteiger partial charge in [0.05, 0.1) is 19.1 Å². The van der Waals surface area contributed by atoms with E-state index in [4.69, 9.17) is 19.4 Å². The standard InChI is InChI=1S/C21H26N2O7S/c1-28-17-6-8-19(9-7-17)31(26,27)21(30-20(24)22-25)10-12-23(13-11-21)15-16-4-3-5-18(14-16)29-2/h3-9,14,25H,10-13,15H2,1-2H3,(H,22,24). The Balaban J connectivity index is 1.82. The highest BCUT2D eigenvalue weighted by molar-refractivity contribution is 7.92. The van der Waals surface area contributed by atoms with Gasteiger partial charge in [0.25, 0.3) is 0 Å². The average molecular weight is 451 g/mol. The van der Waals surface area contributed by atoms with Crippen LogP contribution in [-0.2, 0) is 21.1 Å². The van der Waals surface area contributed by atoms with Gasteiger partial charge in [0, 0.05) is 32.5 Å². The Labute approximate surface area is 181 Å². The first-order chi connectivity index (χ1) is 14.8. The lowest BCUT2D eigenvalue weighted by atomic mass is 10.1. The number of methoxy groups -OCH3 is 2. The van der Waals surface area contributed by atoms with Crippen LogP contribution in [0.3, 0.4) is 0 Å². The van der Waals surface area contributed by atoms with Crippen LogP contribution in [0.2, 0.25) is 0 Å². The van der Waals surface area contributed by atoms with Crippen LogP contribution in [0.4, 0.5) is 4.79 Å². The molecule has 1 amide bonds. The van der Waals surface area contributed by atoms with E-state index in [0.29, 0.717) is 25.4 Å². The summed E-state index contributed by atoms with van der Waals surface area (Å²) in [6, 6.07) is 13.5. The molecule has 1 fully saturated rings. The molecule has 0 aliphatic carbocycles. The summed E-state index contributed by atoms with van der Waals surface area (Å²) in [4.78, 5) is 12.1. The summed E-state index contributed by atoms with van der Waals surface area (Å²) in [7, 11) is -0.974. The number of nitrogens with zero attached hydrogens (tertiary/aromatic N) is 1. The first kappa shape index (κ1) is 22.9. The highest BCUT2D eigenvalue weighted by Crippen LogP contribution is 2.37. The largest absolute Gasteiger partial charge is 0.497 e. The van der Waals surface area contributed by atoms with Crippen molar-refractivity contribution in [3.05, 3.63) is 54.1 Å². The van der Waals surface area contributed by atoms with Crippen molar-refractivity contribution in [2.75, 3.05) is 27.3 Å². The van der Waals surface area contributed by atoms with Crippen molar-refractivity contribution in [2.45, 2.75) is 29.2 Å². The summed E-state index contributed by atoms with van der Waals surface area (Å²) in [6.45, 7) is 1.36. The summed E-state index contributed by atoms with van der Waals surface area (Å²) in [6.07, 6.45) is -1.10. The number of piperidine rings is 1. The van der Waals surface area contributed by atoms with Gasteiger partial charge in [-0.25, -0.2) is 18.7 Å². The first-order valence-electron chi connectivity index (χ1n) is 9.70. The molecule has 0 spiro atoms. The van der Waals surface area contributed by atoms with Gasteiger partial charge in [-0.05, 0) is 42.0 Å². The maximum absolute atomic E-state index is 13.4. The predicted octanol–water partition coefficient (Wildman–Crippen LogP) is 2.59. The molecule has 10 heteroatoms. The lowest BCUT2D eigenvalue weighted by Gasteiger charge is -2.40. The SMILES string of the molecule is COc1ccc(S(=O)(=O)C2(OC(=O)NO)CCN(Cc3cccc(OC)c3)CC2)cc1. The number of sulfone groups is 1. The van der Waals surface area contributed by atoms with Crippen LogP contribution >= 0.6 is 0 Å². The van der Waals surface area contributed by atoms with Crippen molar-refractivity contribution in [2.24, 2.45) is 0 Å². The molecule has 0 radical (unpaired) electrons. The second-order valence-electron chi connectivity index (χ2n) is 7.22. The molecule has 2 N–H and O–H groups in total. The molecule has 0 atom stereocenters. The topological polar surface area (TPSA) is 114 Å². The molecule has 3 rings (SSSR count). The van der Waals surface area contributed by atoms with Crippen molar-refractivity contribution in [1.29, 1.82) is 0 Å². The minimum absolute atomic E-state index is 0.0142. The van der Waals surface area contributed by atoms with Crippen LogP contribution < -0.4 is 15.0 Å². The molecule has 1 heterocycles. The molecule has 1 aliphatic rings. The smallest absolute Gasteiger partial charge is 0.432 e. The van der Waals surface area contributed by atoms with E-state index in [9.17, 15) is 13.2 Å². The van der Waals surface area contributed by atoms with Gasteiger partial charge in [0.2, 0.25) is 14.8 Å². The fraction of sp³-hybridized carbons (Fsp3) is 0.381. The van der Waals surface area contributed by atoms with Gasteiger partial charge in [-0.1, -0.05) is 12.1 Å². The zero-order chi connectivity index (χ0) is 22.5. The Hall–Kier alpha value is -2.82. The number of amides is 1. The molecule has 0 saturated carbocycles. The van der Waals surface area contributed by atoms with Crippen molar-refractivity contribution in [1.82, 2.24) is 10.4 Å². The third-order valence-electron chi connectivity index (χ3n) is 5.39. The van der Waals surface area contributed by atoms with Crippen molar-refractivity contribution in [3.8, 4) is 11.5 Å². The highest BCUT2D eigenvalue weighted by atomic mass is 32.2. The van der Waals surface area contributed by atoms with E-state index < -0.39 is 20.9 Å². The summed E-state index contributed by atoms with van der Waals surface area (Å²) >= 11 is 0. The number of hydrogen-bond acceptors (Lipinski definition) is 8. The summed E-state index contributed by atoms with van der Waals surface area (Å²) in [5.41, 5.74) is 2.40. The Morgan fingerprint density at radius 1 is 1.06 bits per heavy atom. The fourth-order valence-corrected chi connectivity index (χ4v) is 5.50. The van der Waals surface area contributed by atoms with Crippen LogP contribution in [0.1, 0.15) is 18.4 Å². The maximum atomic E-state index is 13.4. The molecule has 1 aliphatic heterocycles. The minimum atomic E-state index is -4.06. The number of ether oxygens (including phenoxy) is 3. The van der Waals surface area contributed by atoms with Crippen LogP contribution in [0, 0.1) is 0 Å².